The molecular formula is C21H26F3N3O2. The number of halogens is 3. The van der Waals surface area contributed by atoms with E-state index in [1.54, 1.807) is 18.2 Å². The number of nitrogens with zero attached hydrogens (tertiary/aromatic N) is 2. The minimum absolute atomic E-state index is 0.0638. The maximum absolute atomic E-state index is 12.8. The maximum Gasteiger partial charge on any atom is 0.406 e. The number of fused-ring (bicyclic) bond motifs is 1. The van der Waals surface area contributed by atoms with E-state index >= 15 is 0 Å². The van der Waals surface area contributed by atoms with Crippen molar-refractivity contribution in [2.75, 3.05) is 26.2 Å². The summed E-state index contributed by atoms with van der Waals surface area (Å²) in [6, 6.07) is 6.97. The summed E-state index contributed by atoms with van der Waals surface area (Å²) in [6.07, 6.45) is 0.612. The molecule has 4 rings (SSSR count). The summed E-state index contributed by atoms with van der Waals surface area (Å²) >= 11 is 0. The molecule has 2 aliphatic rings. The van der Waals surface area contributed by atoms with E-state index < -0.39 is 12.7 Å². The van der Waals surface area contributed by atoms with Crippen molar-refractivity contribution in [3.05, 3.63) is 30.5 Å². The number of hydrogen-bond acceptors (Lipinski definition) is 3. The topological polar surface area (TPSA) is 46.5 Å². The van der Waals surface area contributed by atoms with Crippen LogP contribution in [0.4, 0.5) is 13.2 Å². The summed E-state index contributed by atoms with van der Waals surface area (Å²) in [5.74, 6) is 1.30. The summed E-state index contributed by atoms with van der Waals surface area (Å²) in [6.45, 7) is 2.61. The molecule has 0 aliphatic carbocycles. The number of likely N-dealkylation sites (tertiary alicyclic amines) is 1. The van der Waals surface area contributed by atoms with E-state index in [4.69, 9.17) is 4.74 Å². The van der Waals surface area contributed by atoms with Crippen molar-refractivity contribution in [2.24, 2.45) is 5.92 Å². The van der Waals surface area contributed by atoms with E-state index in [-0.39, 0.29) is 12.0 Å². The highest BCUT2D eigenvalue weighted by Gasteiger charge is 2.29. The van der Waals surface area contributed by atoms with Crippen LogP contribution >= 0.6 is 0 Å². The van der Waals surface area contributed by atoms with Crippen molar-refractivity contribution < 1.29 is 22.7 Å². The number of piperidine rings is 2. The van der Waals surface area contributed by atoms with Crippen molar-refractivity contribution >= 4 is 16.8 Å². The van der Waals surface area contributed by atoms with Gasteiger partial charge in [0.1, 0.15) is 18.4 Å². The Balaban J connectivity index is 1.33. The van der Waals surface area contributed by atoms with Crippen LogP contribution in [0.25, 0.3) is 10.9 Å². The molecule has 2 saturated heterocycles. The van der Waals surface area contributed by atoms with Gasteiger partial charge in [-0.25, -0.2) is 0 Å². The van der Waals surface area contributed by atoms with E-state index in [0.29, 0.717) is 23.6 Å². The number of aromatic nitrogens is 1. The van der Waals surface area contributed by atoms with Gasteiger partial charge in [-0.1, -0.05) is 6.07 Å². The first kappa shape index (κ1) is 20.1. The van der Waals surface area contributed by atoms with Gasteiger partial charge in [-0.15, -0.1) is 0 Å². The van der Waals surface area contributed by atoms with Gasteiger partial charge in [0.15, 0.2) is 0 Å². The third-order valence-corrected chi connectivity index (χ3v) is 5.84. The highest BCUT2D eigenvalue weighted by atomic mass is 19.4. The molecule has 1 unspecified atom stereocenters. The van der Waals surface area contributed by atoms with Gasteiger partial charge in [0.25, 0.3) is 0 Å². The van der Waals surface area contributed by atoms with Gasteiger partial charge in [-0.3, -0.25) is 4.79 Å². The number of nitrogens with one attached hydrogen (secondary N) is 1. The van der Waals surface area contributed by atoms with Crippen LogP contribution in [-0.4, -0.2) is 53.8 Å². The molecule has 1 aromatic heterocycles. The summed E-state index contributed by atoms with van der Waals surface area (Å²) < 4.78 is 45.7. The number of benzene rings is 1. The lowest BCUT2D eigenvalue weighted by Gasteiger charge is -2.35. The Hall–Kier alpha value is -2.22. The minimum Gasteiger partial charge on any atom is -0.490 e. The lowest BCUT2D eigenvalue weighted by Crippen LogP contribution is -2.44. The molecule has 5 nitrogen and oxygen atoms in total. The second-order valence-electron chi connectivity index (χ2n) is 8.07. The van der Waals surface area contributed by atoms with Gasteiger partial charge in [-0.2, -0.15) is 13.2 Å². The Morgan fingerprint density at radius 1 is 1.14 bits per heavy atom. The second-order valence-corrected chi connectivity index (χ2v) is 8.07. The Morgan fingerprint density at radius 2 is 1.93 bits per heavy atom. The van der Waals surface area contributed by atoms with Crippen LogP contribution in [0.5, 0.6) is 5.75 Å². The average Bonchev–Trinajstić information content (AvgIpc) is 3.07. The zero-order valence-electron chi connectivity index (χ0n) is 16.3. The van der Waals surface area contributed by atoms with Crippen molar-refractivity contribution in [1.82, 2.24) is 14.8 Å². The third-order valence-electron chi connectivity index (χ3n) is 5.84. The molecule has 29 heavy (non-hydrogen) atoms. The first-order valence-electron chi connectivity index (χ1n) is 10.2. The lowest BCUT2D eigenvalue weighted by atomic mass is 9.97. The molecule has 158 valence electrons. The molecule has 2 aromatic rings. The quantitative estimate of drug-likeness (QED) is 0.821. The molecule has 3 heterocycles. The average molecular weight is 409 g/mol. The monoisotopic (exact) mass is 409 g/mol. The zero-order chi connectivity index (χ0) is 20.4. The molecule has 0 bridgehead atoms. The second kappa shape index (κ2) is 8.26. The van der Waals surface area contributed by atoms with Gasteiger partial charge in [0.2, 0.25) is 5.91 Å². The molecule has 1 amide bonds. The zero-order valence-corrected chi connectivity index (χ0v) is 16.3. The number of carbonyl (C=O) groups excluding carboxylic acids is 1. The van der Waals surface area contributed by atoms with Crippen LogP contribution in [0.3, 0.4) is 0 Å². The number of ether oxygens (including phenoxy) is 1. The highest BCUT2D eigenvalue weighted by molar-refractivity contribution is 5.86. The van der Waals surface area contributed by atoms with Crippen molar-refractivity contribution in [1.29, 1.82) is 0 Å². The molecule has 0 saturated carbocycles. The smallest absolute Gasteiger partial charge is 0.406 e. The molecule has 1 aromatic carbocycles. The van der Waals surface area contributed by atoms with E-state index in [1.807, 2.05) is 6.07 Å². The number of carbonyl (C=O) groups is 1. The molecular weight excluding hydrogens is 383 g/mol. The van der Waals surface area contributed by atoms with Crippen LogP contribution in [0.2, 0.25) is 0 Å². The molecule has 0 radical (unpaired) electrons. The highest BCUT2D eigenvalue weighted by Crippen LogP contribution is 2.31. The van der Waals surface area contributed by atoms with E-state index in [0.717, 1.165) is 50.8 Å². The van der Waals surface area contributed by atoms with Crippen molar-refractivity contribution in [3.63, 3.8) is 0 Å². The number of rotatable bonds is 5. The number of alkyl halides is 3. The standard InChI is InChI=1S/C21H26F3N3O2/c22-21(23,24)14-27-11-8-17-18(27)2-1-3-19(17)29-16-6-9-26(10-7-16)13-15-4-5-20(28)25-12-15/h1-3,8,11,15-16H,4-7,9-10,12-14H2,(H,25,28). The molecule has 2 aliphatic heterocycles. The van der Waals surface area contributed by atoms with Gasteiger partial charge < -0.3 is 19.5 Å². The minimum atomic E-state index is -4.25. The Bertz CT molecular complexity index is 846. The van der Waals surface area contributed by atoms with E-state index in [2.05, 4.69) is 10.2 Å². The third kappa shape index (κ3) is 5.04. The fourth-order valence-electron chi connectivity index (χ4n) is 4.32. The molecule has 2 fully saturated rings. The summed E-state index contributed by atoms with van der Waals surface area (Å²) in [4.78, 5) is 13.7. The Kier molecular flexibility index (Phi) is 5.72. The number of amides is 1. The predicted octanol–water partition coefficient (Wildman–Crippen LogP) is 3.57. The normalized spacial score (nSPS) is 22.0. The van der Waals surface area contributed by atoms with Crippen molar-refractivity contribution in [2.45, 2.75) is 44.5 Å². The predicted molar refractivity (Wildman–Crippen MR) is 104 cm³/mol. The van der Waals surface area contributed by atoms with Crippen LogP contribution in [0.1, 0.15) is 25.7 Å². The SMILES string of the molecule is O=C1CCC(CN2CCC(Oc3cccc4c3ccn4CC(F)(F)F)CC2)CN1. The first-order chi connectivity index (χ1) is 13.9. The molecule has 0 spiro atoms. The van der Waals surface area contributed by atoms with Crippen LogP contribution in [-0.2, 0) is 11.3 Å². The van der Waals surface area contributed by atoms with Gasteiger partial charge in [0.05, 0.1) is 5.52 Å². The summed E-state index contributed by atoms with van der Waals surface area (Å²) in [5.41, 5.74) is 0.539. The largest absolute Gasteiger partial charge is 0.490 e. The lowest BCUT2D eigenvalue weighted by molar-refractivity contribution is -0.139. The first-order valence-corrected chi connectivity index (χ1v) is 10.2. The molecule has 1 N–H and O–H groups in total. The fourth-order valence-corrected chi connectivity index (χ4v) is 4.32. The summed E-state index contributed by atoms with van der Waals surface area (Å²) in [7, 11) is 0. The van der Waals surface area contributed by atoms with Gasteiger partial charge in [0, 0.05) is 44.2 Å². The Labute approximate surface area is 167 Å². The summed E-state index contributed by atoms with van der Waals surface area (Å²) in [5, 5.41) is 3.65. The van der Waals surface area contributed by atoms with Crippen LogP contribution in [0, 0.1) is 5.92 Å². The van der Waals surface area contributed by atoms with E-state index in [9.17, 15) is 18.0 Å². The maximum atomic E-state index is 12.8. The van der Waals surface area contributed by atoms with E-state index in [1.165, 1.54) is 10.8 Å². The molecule has 1 atom stereocenters. The fraction of sp³-hybridized carbons (Fsp3) is 0.571. The van der Waals surface area contributed by atoms with Gasteiger partial charge in [-0.05, 0) is 43.4 Å². The Morgan fingerprint density at radius 3 is 2.62 bits per heavy atom. The molecule has 8 heteroatoms. The van der Waals surface area contributed by atoms with Gasteiger partial charge >= 0.3 is 6.18 Å². The number of hydrogen-bond donors (Lipinski definition) is 1. The van der Waals surface area contributed by atoms with Crippen LogP contribution in [0.15, 0.2) is 30.5 Å². The van der Waals surface area contributed by atoms with Crippen molar-refractivity contribution in [3.8, 4) is 5.75 Å². The van der Waals surface area contributed by atoms with Crippen LogP contribution < -0.4 is 10.1 Å².